The Balaban J connectivity index is 1.84. The van der Waals surface area contributed by atoms with E-state index in [1.54, 1.807) is 18.7 Å². The maximum Gasteiger partial charge on any atom is 0.238 e. The molecule has 1 aromatic rings. The first-order valence-corrected chi connectivity index (χ1v) is 9.58. The zero-order chi connectivity index (χ0) is 18.2. The van der Waals surface area contributed by atoms with Crippen LogP contribution in [0.2, 0.25) is 0 Å². The lowest BCUT2D eigenvalue weighted by Gasteiger charge is -2.36. The topological polar surface area (TPSA) is 52.7 Å². The molecule has 1 heterocycles. The van der Waals surface area contributed by atoms with Gasteiger partial charge >= 0.3 is 0 Å². The first-order valence-electron chi connectivity index (χ1n) is 8.59. The predicted molar refractivity (Wildman–Crippen MR) is 104 cm³/mol. The van der Waals surface area contributed by atoms with Crippen LogP contribution >= 0.6 is 11.8 Å². The van der Waals surface area contributed by atoms with E-state index in [9.17, 15) is 9.59 Å². The van der Waals surface area contributed by atoms with Crippen molar-refractivity contribution in [3.63, 3.8) is 0 Å². The molecule has 0 spiro atoms. The predicted octanol–water partition coefficient (Wildman–Crippen LogP) is 2.85. The van der Waals surface area contributed by atoms with Gasteiger partial charge < -0.3 is 10.2 Å². The average molecular weight is 362 g/mol. The van der Waals surface area contributed by atoms with Crippen LogP contribution in [0.15, 0.2) is 41.8 Å². The molecule has 0 aromatic heterocycles. The maximum absolute atomic E-state index is 12.4. The minimum Gasteiger partial charge on any atom is -0.343 e. The highest BCUT2D eigenvalue weighted by Gasteiger charge is 2.24. The fraction of sp³-hybridized carbons (Fsp3) is 0.474. The third-order valence-electron chi connectivity index (χ3n) is 4.49. The van der Waals surface area contributed by atoms with E-state index in [4.69, 9.17) is 0 Å². The Morgan fingerprint density at radius 1 is 1.36 bits per heavy atom. The lowest BCUT2D eigenvalue weighted by molar-refractivity contribution is -0.130. The second-order valence-corrected chi connectivity index (χ2v) is 7.34. The minimum absolute atomic E-state index is 0.00465. The van der Waals surface area contributed by atoms with Crippen molar-refractivity contribution in [3.05, 3.63) is 36.9 Å². The van der Waals surface area contributed by atoms with Crippen LogP contribution in [0.1, 0.15) is 19.8 Å². The second-order valence-electron chi connectivity index (χ2n) is 6.28. The number of thioether (sulfide) groups is 1. The molecule has 0 radical (unpaired) electrons. The highest BCUT2D eigenvalue weighted by molar-refractivity contribution is 7.99. The molecular weight excluding hydrogens is 334 g/mol. The number of hydrogen-bond acceptors (Lipinski definition) is 4. The highest BCUT2D eigenvalue weighted by Crippen LogP contribution is 2.27. The molecule has 0 aliphatic carbocycles. The lowest BCUT2D eigenvalue weighted by Crippen LogP contribution is -2.46. The first-order chi connectivity index (χ1) is 12.0. The van der Waals surface area contributed by atoms with Gasteiger partial charge in [-0.05, 0) is 25.0 Å². The molecule has 2 rings (SSSR count). The van der Waals surface area contributed by atoms with Crippen molar-refractivity contribution in [2.45, 2.75) is 30.7 Å². The number of amides is 2. The fourth-order valence-electron chi connectivity index (χ4n) is 2.96. The van der Waals surface area contributed by atoms with Gasteiger partial charge in [0.25, 0.3) is 0 Å². The minimum atomic E-state index is 0.00465. The summed E-state index contributed by atoms with van der Waals surface area (Å²) in [5, 5.41) is 3.02. The van der Waals surface area contributed by atoms with Crippen LogP contribution in [-0.4, -0.2) is 60.1 Å². The summed E-state index contributed by atoms with van der Waals surface area (Å²) in [4.78, 5) is 28.9. The van der Waals surface area contributed by atoms with Gasteiger partial charge in [-0.15, -0.1) is 18.3 Å². The number of carbonyl (C=O) groups is 2. The summed E-state index contributed by atoms with van der Waals surface area (Å²) in [6.07, 6.45) is 3.68. The van der Waals surface area contributed by atoms with Crippen molar-refractivity contribution in [3.8, 4) is 0 Å². The molecule has 1 aliphatic rings. The summed E-state index contributed by atoms with van der Waals surface area (Å²) in [6, 6.07) is 8.12. The van der Waals surface area contributed by atoms with Crippen LogP contribution in [-0.2, 0) is 9.59 Å². The van der Waals surface area contributed by atoms with E-state index in [1.807, 2.05) is 42.3 Å². The van der Waals surface area contributed by atoms with E-state index >= 15 is 0 Å². The number of nitrogens with zero attached hydrogens (tertiary/aromatic N) is 2. The number of rotatable bonds is 7. The molecule has 1 N–H and O–H groups in total. The monoisotopic (exact) mass is 361 g/mol. The molecular formula is C19H27N3O2S. The summed E-state index contributed by atoms with van der Waals surface area (Å²) < 4.78 is 0. The first kappa shape index (κ1) is 19.5. The molecule has 1 aromatic carbocycles. The van der Waals surface area contributed by atoms with Gasteiger partial charge in [-0.1, -0.05) is 18.2 Å². The van der Waals surface area contributed by atoms with Gasteiger partial charge in [-0.3, -0.25) is 14.5 Å². The van der Waals surface area contributed by atoms with Crippen molar-refractivity contribution >= 4 is 29.3 Å². The van der Waals surface area contributed by atoms with Gasteiger partial charge in [-0.2, -0.15) is 0 Å². The molecule has 0 unspecified atom stereocenters. The Morgan fingerprint density at radius 3 is 2.68 bits per heavy atom. The van der Waals surface area contributed by atoms with Crippen LogP contribution in [0.3, 0.4) is 0 Å². The summed E-state index contributed by atoms with van der Waals surface area (Å²) in [7, 11) is 1.85. The second kappa shape index (κ2) is 9.63. The number of para-hydroxylation sites is 1. The lowest BCUT2D eigenvalue weighted by atomic mass is 10.0. The Bertz CT molecular complexity index is 612. The third-order valence-corrected chi connectivity index (χ3v) is 5.56. The van der Waals surface area contributed by atoms with Gasteiger partial charge in [-0.25, -0.2) is 0 Å². The van der Waals surface area contributed by atoms with E-state index in [0.29, 0.717) is 6.54 Å². The molecule has 1 aliphatic heterocycles. The zero-order valence-electron chi connectivity index (χ0n) is 15.0. The van der Waals surface area contributed by atoms with E-state index < -0.39 is 0 Å². The van der Waals surface area contributed by atoms with Crippen LogP contribution in [0.4, 0.5) is 5.69 Å². The van der Waals surface area contributed by atoms with E-state index in [1.165, 1.54) is 0 Å². The molecule has 1 fully saturated rings. The molecule has 136 valence electrons. The summed E-state index contributed by atoms with van der Waals surface area (Å²) in [5.74, 6) is 0.916. The molecule has 0 bridgehead atoms. The Kier molecular flexibility index (Phi) is 7.52. The zero-order valence-corrected chi connectivity index (χ0v) is 15.8. The van der Waals surface area contributed by atoms with Crippen molar-refractivity contribution in [2.75, 3.05) is 37.8 Å². The van der Waals surface area contributed by atoms with Crippen LogP contribution in [0.25, 0.3) is 0 Å². The normalized spacial score (nSPS) is 15.6. The maximum atomic E-state index is 12.4. The molecule has 5 nitrogen and oxygen atoms in total. The van der Waals surface area contributed by atoms with E-state index in [0.717, 1.165) is 42.3 Å². The molecule has 2 amide bonds. The van der Waals surface area contributed by atoms with E-state index in [2.05, 4.69) is 16.8 Å². The van der Waals surface area contributed by atoms with Gasteiger partial charge in [0, 0.05) is 43.8 Å². The SMILES string of the molecule is C=CCSc1ccccc1NC(=O)CN1CCC(N(C)C(C)=O)CC1. The average Bonchev–Trinajstić information content (AvgIpc) is 2.61. The molecule has 0 saturated carbocycles. The van der Waals surface area contributed by atoms with Gasteiger partial charge in [0.1, 0.15) is 0 Å². The molecule has 6 heteroatoms. The largest absolute Gasteiger partial charge is 0.343 e. The third kappa shape index (κ3) is 5.90. The van der Waals surface area contributed by atoms with Crippen LogP contribution < -0.4 is 5.32 Å². The summed E-state index contributed by atoms with van der Waals surface area (Å²) in [5.41, 5.74) is 0.852. The van der Waals surface area contributed by atoms with Gasteiger partial charge in [0.2, 0.25) is 11.8 Å². The number of benzene rings is 1. The van der Waals surface area contributed by atoms with Crippen molar-refractivity contribution in [2.24, 2.45) is 0 Å². The van der Waals surface area contributed by atoms with Crippen LogP contribution in [0.5, 0.6) is 0 Å². The fourth-order valence-corrected chi connectivity index (χ4v) is 3.71. The molecule has 25 heavy (non-hydrogen) atoms. The van der Waals surface area contributed by atoms with Crippen molar-refractivity contribution < 1.29 is 9.59 Å². The van der Waals surface area contributed by atoms with E-state index in [-0.39, 0.29) is 17.9 Å². The summed E-state index contributed by atoms with van der Waals surface area (Å²) in [6.45, 7) is 7.39. The number of carbonyl (C=O) groups excluding carboxylic acids is 2. The quantitative estimate of drug-likeness (QED) is 0.599. The molecule has 1 saturated heterocycles. The Hall–Kier alpha value is -1.79. The standard InChI is InChI=1S/C19H27N3O2S/c1-4-13-25-18-8-6-5-7-17(18)20-19(24)14-22-11-9-16(10-12-22)21(3)15(2)23/h4-8,16H,1,9-14H2,2-3H3,(H,20,24). The van der Waals surface area contributed by atoms with Crippen molar-refractivity contribution in [1.29, 1.82) is 0 Å². The van der Waals surface area contributed by atoms with Crippen LogP contribution in [0, 0.1) is 0 Å². The molecule has 0 atom stereocenters. The highest BCUT2D eigenvalue weighted by atomic mass is 32.2. The summed E-state index contributed by atoms with van der Waals surface area (Å²) >= 11 is 1.66. The number of piperidine rings is 1. The Labute approximate surface area is 154 Å². The van der Waals surface area contributed by atoms with Gasteiger partial charge in [0.05, 0.1) is 12.2 Å². The number of nitrogens with one attached hydrogen (secondary N) is 1. The number of hydrogen-bond donors (Lipinski definition) is 1. The number of anilines is 1. The number of likely N-dealkylation sites (tertiary alicyclic amines) is 1. The van der Waals surface area contributed by atoms with Crippen molar-refractivity contribution in [1.82, 2.24) is 9.80 Å². The van der Waals surface area contributed by atoms with Gasteiger partial charge in [0.15, 0.2) is 0 Å². The Morgan fingerprint density at radius 2 is 2.04 bits per heavy atom. The smallest absolute Gasteiger partial charge is 0.238 e.